The molecule has 1 aromatic rings. The number of nitrogens with zero attached hydrogens (tertiary/aromatic N) is 1. The largest absolute Gasteiger partial charge is 0.341 e. The van der Waals surface area contributed by atoms with Crippen LogP contribution in [0.3, 0.4) is 0 Å². The quantitative estimate of drug-likeness (QED) is 0.806. The van der Waals surface area contributed by atoms with Gasteiger partial charge in [0.25, 0.3) is 0 Å². The van der Waals surface area contributed by atoms with Gasteiger partial charge in [-0.1, -0.05) is 39.8 Å². The van der Waals surface area contributed by atoms with Gasteiger partial charge >= 0.3 is 0 Å². The van der Waals surface area contributed by atoms with Gasteiger partial charge < -0.3 is 4.90 Å². The van der Waals surface area contributed by atoms with Gasteiger partial charge in [0.15, 0.2) is 0 Å². The molecule has 2 atom stereocenters. The van der Waals surface area contributed by atoms with Crippen LogP contribution in [0.4, 0.5) is 0 Å². The van der Waals surface area contributed by atoms with Gasteiger partial charge in [0.1, 0.15) is 6.04 Å². The van der Waals surface area contributed by atoms with Crippen molar-refractivity contribution in [1.29, 1.82) is 0 Å². The van der Waals surface area contributed by atoms with E-state index in [-0.39, 0.29) is 16.7 Å². The summed E-state index contributed by atoms with van der Waals surface area (Å²) in [6.07, 6.45) is 2.98. The lowest BCUT2D eigenvalue weighted by molar-refractivity contribution is -0.132. The molecule has 1 saturated heterocycles. The summed E-state index contributed by atoms with van der Waals surface area (Å²) in [4.78, 5) is 14.6. The van der Waals surface area contributed by atoms with Gasteiger partial charge in [-0.2, -0.15) is 4.72 Å². The average molecular weight is 367 g/mol. The van der Waals surface area contributed by atoms with Crippen LogP contribution in [0.25, 0.3) is 0 Å². The Morgan fingerprint density at radius 3 is 2.16 bits per heavy atom. The monoisotopic (exact) mass is 366 g/mol. The predicted octanol–water partition coefficient (Wildman–Crippen LogP) is 3.13. The zero-order valence-electron chi connectivity index (χ0n) is 15.7. The summed E-state index contributed by atoms with van der Waals surface area (Å²) in [5.74, 6) is 0.166. The number of carbonyl (C=O) groups excluding carboxylic acids is 1. The zero-order valence-corrected chi connectivity index (χ0v) is 16.5. The number of nitrogens with one attached hydrogen (secondary N) is 1. The van der Waals surface area contributed by atoms with Crippen molar-refractivity contribution in [1.82, 2.24) is 9.62 Å². The second kappa shape index (κ2) is 8.32. The van der Waals surface area contributed by atoms with Gasteiger partial charge in [-0.25, -0.2) is 8.42 Å². The Labute approximate surface area is 151 Å². The molecule has 0 bridgehead atoms. The second-order valence-corrected chi connectivity index (χ2v) is 8.97. The van der Waals surface area contributed by atoms with Crippen LogP contribution in [-0.4, -0.2) is 38.4 Å². The van der Waals surface area contributed by atoms with Crippen molar-refractivity contribution in [2.24, 2.45) is 5.92 Å². The highest BCUT2D eigenvalue weighted by molar-refractivity contribution is 7.89. The minimum absolute atomic E-state index is 0.109. The van der Waals surface area contributed by atoms with E-state index in [1.807, 2.05) is 26.0 Å². The van der Waals surface area contributed by atoms with Crippen LogP contribution in [0.15, 0.2) is 29.2 Å². The lowest BCUT2D eigenvalue weighted by Crippen LogP contribution is -2.50. The molecule has 1 unspecified atom stereocenters. The Morgan fingerprint density at radius 2 is 1.68 bits per heavy atom. The molecule has 1 amide bonds. The fourth-order valence-electron chi connectivity index (χ4n) is 3.05. The predicted molar refractivity (Wildman–Crippen MR) is 99.9 cm³/mol. The van der Waals surface area contributed by atoms with E-state index >= 15 is 0 Å². The molecular weight excluding hydrogens is 336 g/mol. The molecular formula is C19H30N2O3S. The van der Waals surface area contributed by atoms with Crippen molar-refractivity contribution in [2.45, 2.75) is 63.8 Å². The minimum atomic E-state index is -3.73. The SMILES string of the molecule is CCC(C)c1ccc(S(=O)(=O)N[C@H](C(=O)N2CCCC2)C(C)C)cc1. The summed E-state index contributed by atoms with van der Waals surface area (Å²) in [5, 5.41) is 0. The number of amides is 1. The second-order valence-electron chi connectivity index (χ2n) is 7.25. The van der Waals surface area contributed by atoms with Gasteiger partial charge in [-0.05, 0) is 48.8 Å². The number of likely N-dealkylation sites (tertiary alicyclic amines) is 1. The van der Waals surface area contributed by atoms with Crippen LogP contribution in [-0.2, 0) is 14.8 Å². The molecule has 0 aromatic heterocycles. The van der Waals surface area contributed by atoms with E-state index in [1.54, 1.807) is 17.0 Å². The van der Waals surface area contributed by atoms with Crippen molar-refractivity contribution in [3.8, 4) is 0 Å². The maximum atomic E-state index is 12.7. The third kappa shape index (κ3) is 4.82. The summed E-state index contributed by atoms with van der Waals surface area (Å²) in [6.45, 7) is 9.39. The molecule has 1 heterocycles. The lowest BCUT2D eigenvalue weighted by atomic mass is 9.99. The van der Waals surface area contributed by atoms with Crippen LogP contribution < -0.4 is 4.72 Å². The first-order valence-electron chi connectivity index (χ1n) is 9.17. The van der Waals surface area contributed by atoms with Gasteiger partial charge in [0.05, 0.1) is 4.90 Å². The first-order valence-corrected chi connectivity index (χ1v) is 10.7. The molecule has 140 valence electrons. The number of rotatable bonds is 7. The molecule has 1 aliphatic rings. The molecule has 5 nitrogen and oxygen atoms in total. The smallest absolute Gasteiger partial charge is 0.241 e. The third-order valence-corrected chi connectivity index (χ3v) is 6.46. The Bertz CT molecular complexity index is 677. The summed E-state index contributed by atoms with van der Waals surface area (Å²) in [7, 11) is -3.73. The molecule has 25 heavy (non-hydrogen) atoms. The first-order chi connectivity index (χ1) is 11.8. The molecule has 0 aliphatic carbocycles. The van der Waals surface area contributed by atoms with Crippen molar-refractivity contribution in [3.63, 3.8) is 0 Å². The summed E-state index contributed by atoms with van der Waals surface area (Å²) < 4.78 is 28.1. The zero-order chi connectivity index (χ0) is 18.6. The van der Waals surface area contributed by atoms with E-state index < -0.39 is 16.1 Å². The Balaban J connectivity index is 2.18. The maximum absolute atomic E-state index is 12.7. The molecule has 1 N–H and O–H groups in total. The van der Waals surface area contributed by atoms with E-state index in [2.05, 4.69) is 18.6 Å². The van der Waals surface area contributed by atoms with Crippen LogP contribution in [0.2, 0.25) is 0 Å². The molecule has 0 saturated carbocycles. The first kappa shape index (κ1) is 19.9. The highest BCUT2D eigenvalue weighted by Gasteiger charge is 2.32. The number of benzene rings is 1. The molecule has 1 aliphatic heterocycles. The van der Waals surface area contributed by atoms with Crippen LogP contribution >= 0.6 is 0 Å². The van der Waals surface area contributed by atoms with Crippen molar-refractivity contribution >= 4 is 15.9 Å². The molecule has 1 aromatic carbocycles. The van der Waals surface area contributed by atoms with Crippen molar-refractivity contribution in [2.75, 3.05) is 13.1 Å². The van der Waals surface area contributed by atoms with E-state index in [0.29, 0.717) is 19.0 Å². The van der Waals surface area contributed by atoms with E-state index in [9.17, 15) is 13.2 Å². The number of hydrogen-bond acceptors (Lipinski definition) is 3. The number of carbonyl (C=O) groups is 1. The van der Waals surface area contributed by atoms with Crippen molar-refractivity contribution in [3.05, 3.63) is 29.8 Å². The van der Waals surface area contributed by atoms with E-state index in [0.717, 1.165) is 24.8 Å². The third-order valence-electron chi connectivity index (χ3n) is 5.00. The van der Waals surface area contributed by atoms with Gasteiger partial charge in [-0.15, -0.1) is 0 Å². The number of sulfonamides is 1. The fraction of sp³-hybridized carbons (Fsp3) is 0.632. The minimum Gasteiger partial charge on any atom is -0.341 e. The number of hydrogen-bond donors (Lipinski definition) is 1. The normalized spacial score (nSPS) is 17.7. The van der Waals surface area contributed by atoms with Crippen LogP contribution in [0.5, 0.6) is 0 Å². The van der Waals surface area contributed by atoms with Crippen LogP contribution in [0, 0.1) is 5.92 Å². The van der Waals surface area contributed by atoms with Crippen LogP contribution in [0.1, 0.15) is 58.4 Å². The molecule has 6 heteroatoms. The highest BCUT2D eigenvalue weighted by atomic mass is 32.2. The molecule has 2 rings (SSSR count). The van der Waals surface area contributed by atoms with Crippen molar-refractivity contribution < 1.29 is 13.2 Å². The highest BCUT2D eigenvalue weighted by Crippen LogP contribution is 2.21. The topological polar surface area (TPSA) is 66.5 Å². The van der Waals surface area contributed by atoms with Gasteiger partial charge in [-0.3, -0.25) is 4.79 Å². The Morgan fingerprint density at radius 1 is 1.12 bits per heavy atom. The van der Waals surface area contributed by atoms with E-state index in [1.165, 1.54) is 0 Å². The van der Waals surface area contributed by atoms with E-state index in [4.69, 9.17) is 0 Å². The van der Waals surface area contributed by atoms with Gasteiger partial charge in [0.2, 0.25) is 15.9 Å². The summed E-state index contributed by atoms with van der Waals surface area (Å²) in [5.41, 5.74) is 1.12. The summed E-state index contributed by atoms with van der Waals surface area (Å²) >= 11 is 0. The Hall–Kier alpha value is -1.40. The molecule has 1 fully saturated rings. The average Bonchev–Trinajstić information content (AvgIpc) is 3.13. The maximum Gasteiger partial charge on any atom is 0.241 e. The Kier molecular flexibility index (Phi) is 6.63. The standard InChI is InChI=1S/C19H30N2O3S/c1-5-15(4)16-8-10-17(11-9-16)25(23,24)20-18(14(2)3)19(22)21-12-6-7-13-21/h8-11,14-15,18,20H,5-7,12-13H2,1-4H3/t15?,18-/m0/s1. The molecule has 0 spiro atoms. The lowest BCUT2D eigenvalue weighted by Gasteiger charge is -2.26. The summed E-state index contributed by atoms with van der Waals surface area (Å²) in [6, 6.07) is 6.24. The fourth-order valence-corrected chi connectivity index (χ4v) is 4.39. The molecule has 0 radical (unpaired) electrons. The van der Waals surface area contributed by atoms with Gasteiger partial charge in [0, 0.05) is 13.1 Å².